The molecular weight excluding hydrogens is 338 g/mol. The van der Waals surface area contributed by atoms with Crippen LogP contribution in [0.5, 0.6) is 5.88 Å². The lowest BCUT2D eigenvalue weighted by Gasteiger charge is -2.23. The summed E-state index contributed by atoms with van der Waals surface area (Å²) in [4.78, 5) is 36.6. The zero-order valence-electron chi connectivity index (χ0n) is 15.3. The van der Waals surface area contributed by atoms with Crippen molar-refractivity contribution in [2.75, 3.05) is 5.32 Å². The lowest BCUT2D eigenvalue weighted by Crippen LogP contribution is -2.35. The quantitative estimate of drug-likeness (QED) is 0.754. The highest BCUT2D eigenvalue weighted by atomic mass is 16.3. The van der Waals surface area contributed by atoms with Gasteiger partial charge in [0.25, 0.3) is 11.5 Å². The first-order valence-electron chi connectivity index (χ1n) is 8.51. The Kier molecular flexibility index (Phi) is 4.25. The van der Waals surface area contributed by atoms with Crippen LogP contribution in [0.15, 0.2) is 10.9 Å². The van der Waals surface area contributed by atoms with Crippen LogP contribution in [-0.4, -0.2) is 37.1 Å². The van der Waals surface area contributed by atoms with Crippen molar-refractivity contribution in [1.29, 1.82) is 0 Å². The van der Waals surface area contributed by atoms with Crippen molar-refractivity contribution in [2.24, 2.45) is 5.41 Å². The number of anilines is 1. The van der Waals surface area contributed by atoms with E-state index >= 15 is 0 Å². The third-order valence-corrected chi connectivity index (χ3v) is 3.93. The topological polar surface area (TPSA) is 118 Å². The highest BCUT2D eigenvalue weighted by molar-refractivity contribution is 5.96. The van der Waals surface area contributed by atoms with E-state index in [-0.39, 0.29) is 28.7 Å². The van der Waals surface area contributed by atoms with Gasteiger partial charge in [-0.25, -0.2) is 0 Å². The predicted molar refractivity (Wildman–Crippen MR) is 95.4 cm³/mol. The lowest BCUT2D eigenvalue weighted by molar-refractivity contribution is -0.114. The standard InChI is InChI=1S/C17H23N5O4/c1-9(23)18-11-7-12-21(8-17(2,3)4)15(25)13(16(26)22(12)20-11)14(24)19-10-5-6-10/h7,10,25H,5-6,8H2,1-4H3,(H,19,24)(H,18,20,23). The first-order chi connectivity index (χ1) is 12.1. The van der Waals surface area contributed by atoms with Gasteiger partial charge >= 0.3 is 0 Å². The molecule has 26 heavy (non-hydrogen) atoms. The van der Waals surface area contributed by atoms with Crippen LogP contribution in [0.25, 0.3) is 5.65 Å². The summed E-state index contributed by atoms with van der Waals surface area (Å²) in [6.45, 7) is 7.58. The Morgan fingerprint density at radius 3 is 2.54 bits per heavy atom. The van der Waals surface area contributed by atoms with E-state index in [9.17, 15) is 19.5 Å². The minimum absolute atomic E-state index is 0.0422. The SMILES string of the molecule is CC(=O)Nc1cc2n(CC(C)(C)C)c(O)c(C(=O)NC3CC3)c(=O)n2n1. The third kappa shape index (κ3) is 3.56. The van der Waals surface area contributed by atoms with E-state index in [2.05, 4.69) is 15.7 Å². The molecule has 0 spiro atoms. The van der Waals surface area contributed by atoms with Crippen LogP contribution in [0, 0.1) is 5.41 Å². The molecule has 0 aliphatic heterocycles. The van der Waals surface area contributed by atoms with Crippen LogP contribution in [0.1, 0.15) is 50.9 Å². The largest absolute Gasteiger partial charge is 0.494 e. The Morgan fingerprint density at radius 2 is 2.00 bits per heavy atom. The molecule has 140 valence electrons. The van der Waals surface area contributed by atoms with Gasteiger partial charge in [0.05, 0.1) is 0 Å². The van der Waals surface area contributed by atoms with E-state index in [4.69, 9.17) is 0 Å². The normalized spacial score (nSPS) is 14.5. The highest BCUT2D eigenvalue weighted by Gasteiger charge is 2.30. The van der Waals surface area contributed by atoms with E-state index in [1.165, 1.54) is 17.6 Å². The Morgan fingerprint density at radius 1 is 1.35 bits per heavy atom. The van der Waals surface area contributed by atoms with Crippen LogP contribution in [0.3, 0.4) is 0 Å². The predicted octanol–water partition coefficient (Wildman–Crippen LogP) is 1.10. The van der Waals surface area contributed by atoms with Crippen molar-refractivity contribution in [2.45, 2.75) is 53.1 Å². The van der Waals surface area contributed by atoms with Gasteiger partial charge in [-0.1, -0.05) is 20.8 Å². The van der Waals surface area contributed by atoms with Crippen LogP contribution < -0.4 is 16.2 Å². The zero-order chi connectivity index (χ0) is 19.2. The summed E-state index contributed by atoms with van der Waals surface area (Å²) >= 11 is 0. The van der Waals surface area contributed by atoms with Crippen LogP contribution >= 0.6 is 0 Å². The number of carbonyl (C=O) groups excluding carboxylic acids is 2. The zero-order valence-corrected chi connectivity index (χ0v) is 15.3. The summed E-state index contributed by atoms with van der Waals surface area (Å²) in [5, 5.41) is 20.0. The molecule has 9 heteroatoms. The molecular formula is C17H23N5O4. The van der Waals surface area contributed by atoms with Crippen LogP contribution in [0.2, 0.25) is 0 Å². The van der Waals surface area contributed by atoms with Gasteiger partial charge in [0.15, 0.2) is 11.4 Å². The van der Waals surface area contributed by atoms with Gasteiger partial charge in [-0.15, -0.1) is 5.10 Å². The van der Waals surface area contributed by atoms with E-state index in [0.717, 1.165) is 17.4 Å². The van der Waals surface area contributed by atoms with Gasteiger partial charge in [-0.05, 0) is 18.3 Å². The highest BCUT2D eigenvalue weighted by Crippen LogP contribution is 2.26. The number of hydrogen-bond acceptors (Lipinski definition) is 5. The molecule has 0 atom stereocenters. The number of nitrogens with zero attached hydrogens (tertiary/aromatic N) is 3. The van der Waals surface area contributed by atoms with Crippen molar-refractivity contribution < 1.29 is 14.7 Å². The Bertz CT molecular complexity index is 947. The molecule has 0 saturated heterocycles. The molecule has 1 aliphatic rings. The van der Waals surface area contributed by atoms with Crippen LogP contribution in [0.4, 0.5) is 5.82 Å². The average molecular weight is 361 g/mol. The molecule has 0 radical (unpaired) electrons. The molecule has 2 heterocycles. The molecule has 2 amide bonds. The second kappa shape index (κ2) is 6.15. The molecule has 0 unspecified atom stereocenters. The molecule has 3 N–H and O–H groups in total. The molecule has 1 fully saturated rings. The van der Waals surface area contributed by atoms with Gasteiger partial charge in [0.1, 0.15) is 5.65 Å². The van der Waals surface area contributed by atoms with E-state index in [1.54, 1.807) is 0 Å². The molecule has 9 nitrogen and oxygen atoms in total. The fourth-order valence-electron chi connectivity index (χ4n) is 2.71. The van der Waals surface area contributed by atoms with Crippen molar-refractivity contribution in [3.8, 4) is 5.88 Å². The first-order valence-corrected chi connectivity index (χ1v) is 8.51. The van der Waals surface area contributed by atoms with Crippen molar-refractivity contribution in [3.05, 3.63) is 22.0 Å². The number of nitrogens with one attached hydrogen (secondary N) is 2. The monoisotopic (exact) mass is 361 g/mol. The number of hydrogen-bond donors (Lipinski definition) is 3. The number of amides is 2. The maximum Gasteiger partial charge on any atom is 0.291 e. The van der Waals surface area contributed by atoms with E-state index in [0.29, 0.717) is 12.2 Å². The second-order valence-electron chi connectivity index (χ2n) is 7.88. The number of fused-ring (bicyclic) bond motifs is 1. The minimum Gasteiger partial charge on any atom is -0.494 e. The third-order valence-electron chi connectivity index (χ3n) is 3.93. The Hall–Kier alpha value is -2.84. The van der Waals surface area contributed by atoms with Gasteiger partial charge in [0, 0.05) is 25.6 Å². The summed E-state index contributed by atoms with van der Waals surface area (Å²) < 4.78 is 2.51. The Labute approximate surface area is 150 Å². The molecule has 3 rings (SSSR count). The lowest BCUT2D eigenvalue weighted by atomic mass is 9.96. The van der Waals surface area contributed by atoms with Gasteiger partial charge in [-0.3, -0.25) is 19.0 Å². The fourth-order valence-corrected chi connectivity index (χ4v) is 2.71. The molecule has 1 saturated carbocycles. The van der Waals surface area contributed by atoms with Crippen molar-refractivity contribution >= 4 is 23.3 Å². The molecule has 0 bridgehead atoms. The van der Waals surface area contributed by atoms with Crippen molar-refractivity contribution in [3.63, 3.8) is 0 Å². The minimum atomic E-state index is -0.725. The maximum atomic E-state index is 12.8. The Balaban J connectivity index is 2.21. The van der Waals surface area contributed by atoms with Gasteiger partial charge in [0.2, 0.25) is 11.8 Å². The number of aromatic nitrogens is 3. The second-order valence-corrected chi connectivity index (χ2v) is 7.88. The summed E-state index contributed by atoms with van der Waals surface area (Å²) in [7, 11) is 0. The molecule has 2 aromatic heterocycles. The fraction of sp³-hybridized carbons (Fsp3) is 0.529. The van der Waals surface area contributed by atoms with E-state index < -0.39 is 17.3 Å². The first kappa shape index (κ1) is 18.0. The molecule has 0 aromatic carbocycles. The summed E-state index contributed by atoms with van der Waals surface area (Å²) in [6.07, 6.45) is 1.72. The maximum absolute atomic E-state index is 12.8. The number of carbonyl (C=O) groups is 2. The summed E-state index contributed by atoms with van der Waals surface area (Å²) in [5.41, 5.74) is -1.01. The average Bonchev–Trinajstić information content (AvgIpc) is 3.19. The summed E-state index contributed by atoms with van der Waals surface area (Å²) in [5.74, 6) is -1.17. The van der Waals surface area contributed by atoms with Crippen LogP contribution in [-0.2, 0) is 11.3 Å². The number of rotatable bonds is 4. The smallest absolute Gasteiger partial charge is 0.291 e. The molecule has 1 aliphatic carbocycles. The molecule has 2 aromatic rings. The van der Waals surface area contributed by atoms with Crippen molar-refractivity contribution in [1.82, 2.24) is 19.5 Å². The van der Waals surface area contributed by atoms with Gasteiger partial charge in [-0.2, -0.15) is 4.52 Å². The summed E-state index contributed by atoms with van der Waals surface area (Å²) in [6, 6.07) is 1.54. The van der Waals surface area contributed by atoms with E-state index in [1.807, 2.05) is 20.8 Å². The number of aromatic hydroxyl groups is 1. The van der Waals surface area contributed by atoms with Gasteiger partial charge < -0.3 is 15.7 Å².